The zero-order valence-electron chi connectivity index (χ0n) is 4.19. The van der Waals surface area contributed by atoms with Crippen LogP contribution < -0.4 is 4.36 Å². The summed E-state index contributed by atoms with van der Waals surface area (Å²) in [6.45, 7) is 5.16. The van der Waals surface area contributed by atoms with Crippen molar-refractivity contribution in [1.82, 2.24) is 0 Å². The molecular weight excluding hydrogens is 108 g/mol. The van der Waals surface area contributed by atoms with E-state index in [2.05, 4.69) is 23.4 Å². The highest BCUT2D eigenvalue weighted by Crippen LogP contribution is 1.89. The van der Waals surface area contributed by atoms with Gasteiger partial charge in [-0.1, -0.05) is 0 Å². The Kier molecular flexibility index (Phi) is 2.52. The minimum Gasteiger partial charge on any atom is -0.697 e. The third kappa shape index (κ3) is 2.28. The average Bonchev–Trinajstić information content (AvgIpc) is 1.65. The fourth-order valence-electron chi connectivity index (χ4n) is 0.0711. The molecule has 1 unspecified atom stereocenters. The lowest BCUT2D eigenvalue weighted by Crippen LogP contribution is -2.71. The number of hydrogen-bond donors (Lipinski definition) is 1. The molecule has 0 aliphatic rings. The third-order valence-corrected chi connectivity index (χ3v) is 1.05. The van der Waals surface area contributed by atoms with Crippen molar-refractivity contribution in [2.75, 3.05) is 0 Å². The number of nitrogens with one attached hydrogen (secondary N) is 2. The van der Waals surface area contributed by atoms with Crippen LogP contribution in [0, 0.1) is 0 Å². The van der Waals surface area contributed by atoms with Crippen LogP contribution >= 0.6 is 0 Å². The molecule has 7 heavy (non-hydrogen) atoms. The van der Waals surface area contributed by atoms with Crippen molar-refractivity contribution in [1.29, 1.82) is 0 Å². The Balaban J connectivity index is 3.55. The van der Waals surface area contributed by atoms with Crippen molar-refractivity contribution in [2.45, 2.75) is 13.0 Å². The topological polar surface area (TPSA) is 37.8 Å². The lowest BCUT2D eigenvalue weighted by molar-refractivity contribution is -0.453. The minimum atomic E-state index is -0.0602. The van der Waals surface area contributed by atoms with Crippen LogP contribution in [0.5, 0.6) is 0 Å². The van der Waals surface area contributed by atoms with E-state index < -0.39 is 0 Å². The third-order valence-electron chi connectivity index (χ3n) is 0.699. The quantitative estimate of drug-likeness (QED) is 0.531. The lowest BCUT2D eigenvalue weighted by Gasteiger charge is -2.03. The molecule has 0 rings (SSSR count). The van der Waals surface area contributed by atoms with E-state index in [1.165, 1.54) is 0 Å². The van der Waals surface area contributed by atoms with Gasteiger partial charge in [-0.3, -0.25) is 0 Å². The molecule has 2 nitrogen and oxygen atoms in total. The van der Waals surface area contributed by atoms with Gasteiger partial charge >= 0.3 is 0 Å². The molecule has 0 aliphatic carbocycles. The van der Waals surface area contributed by atoms with E-state index in [-0.39, 0.29) is 6.04 Å². The van der Waals surface area contributed by atoms with Crippen LogP contribution in [0.2, 0.25) is 0 Å². The van der Waals surface area contributed by atoms with Crippen molar-refractivity contribution in [2.24, 2.45) is 0 Å². The van der Waals surface area contributed by atoms with Crippen LogP contribution in [0.25, 0.3) is 5.73 Å². The molecule has 0 saturated carbocycles. The van der Waals surface area contributed by atoms with Crippen molar-refractivity contribution in [3.05, 3.63) is 18.0 Å². The molecule has 0 fully saturated rings. The zero-order valence-corrected chi connectivity index (χ0v) is 5.01. The summed E-state index contributed by atoms with van der Waals surface area (Å²) in [5.41, 5.74) is 7.19. The van der Waals surface area contributed by atoms with E-state index in [0.717, 1.165) is 0 Å². The summed E-state index contributed by atoms with van der Waals surface area (Å²) < 4.78 is 2.46. The fraction of sp³-hybridized carbons (Fsp3) is 0.500. The van der Waals surface area contributed by atoms with Crippen LogP contribution in [-0.2, 0) is 12.4 Å². The summed E-state index contributed by atoms with van der Waals surface area (Å²) in [5.74, 6) is 0. The second-order valence-corrected chi connectivity index (χ2v) is 1.60. The minimum absolute atomic E-state index is 0.0602. The molecule has 2 N–H and O–H groups in total. The maximum absolute atomic E-state index is 6.86. The first-order valence-corrected chi connectivity index (χ1v) is 2.37. The number of rotatable bonds is 2. The predicted molar refractivity (Wildman–Crippen MR) is 31.3 cm³/mol. The van der Waals surface area contributed by atoms with Crippen molar-refractivity contribution < 1.29 is 4.36 Å². The van der Waals surface area contributed by atoms with Crippen LogP contribution in [0.3, 0.4) is 0 Å². The van der Waals surface area contributed by atoms with Gasteiger partial charge < -0.3 is 5.73 Å². The van der Waals surface area contributed by atoms with Gasteiger partial charge in [0.1, 0.15) is 0 Å². The van der Waals surface area contributed by atoms with Gasteiger partial charge in [-0.25, -0.2) is 0 Å². The Morgan fingerprint density at radius 1 is 2.00 bits per heavy atom. The van der Waals surface area contributed by atoms with Gasteiger partial charge in [-0.05, 0) is 0 Å². The lowest BCUT2D eigenvalue weighted by atomic mass is 10.3. The standard InChI is InChI=1S/C4H7N2S/c1-3(5)4(2)6-7/h4-5H,1H2,2H3/q-1/p+1. The Morgan fingerprint density at radius 2 is 2.43 bits per heavy atom. The molecule has 0 heterocycles. The Bertz CT molecular complexity index is 89.7. The van der Waals surface area contributed by atoms with Gasteiger partial charge in [-0.15, -0.1) is 12.3 Å². The highest BCUT2D eigenvalue weighted by molar-refractivity contribution is 7.43. The van der Waals surface area contributed by atoms with Gasteiger partial charge in [0, 0.05) is 6.92 Å². The van der Waals surface area contributed by atoms with Gasteiger partial charge in [0.05, 0.1) is 0 Å². The SMILES string of the molecule is C=C([NH-])C(C)[NH+]=S. The highest BCUT2D eigenvalue weighted by Gasteiger charge is 1.94. The summed E-state index contributed by atoms with van der Waals surface area (Å²) in [6.07, 6.45) is 0. The molecule has 3 heteroatoms. The van der Waals surface area contributed by atoms with Gasteiger partial charge in [0.25, 0.3) is 12.4 Å². The molecule has 0 spiro atoms. The molecule has 0 aromatic rings. The Morgan fingerprint density at radius 3 is 2.43 bits per heavy atom. The van der Waals surface area contributed by atoms with E-state index in [9.17, 15) is 0 Å². The summed E-state index contributed by atoms with van der Waals surface area (Å²) in [5, 5.41) is 0. The molecule has 1 atom stereocenters. The first kappa shape index (κ1) is 6.56. The molecule has 0 aromatic carbocycles. The maximum Gasteiger partial charge on any atom is 0.262 e. The smallest absolute Gasteiger partial charge is 0.262 e. The highest BCUT2D eigenvalue weighted by atomic mass is 32.1. The van der Waals surface area contributed by atoms with Gasteiger partial charge in [0.15, 0.2) is 6.04 Å². The largest absolute Gasteiger partial charge is 0.697 e. The van der Waals surface area contributed by atoms with Crippen molar-refractivity contribution in [3.63, 3.8) is 0 Å². The van der Waals surface area contributed by atoms with E-state index in [4.69, 9.17) is 5.73 Å². The van der Waals surface area contributed by atoms with Crippen molar-refractivity contribution in [3.8, 4) is 0 Å². The van der Waals surface area contributed by atoms with Crippen molar-refractivity contribution >= 4 is 12.4 Å². The van der Waals surface area contributed by atoms with Gasteiger partial charge in [0.2, 0.25) is 0 Å². The van der Waals surface area contributed by atoms with E-state index in [1.54, 1.807) is 6.92 Å². The molecule has 0 amide bonds. The summed E-state index contributed by atoms with van der Waals surface area (Å²) in [4.78, 5) is 0. The monoisotopic (exact) mass is 116 g/mol. The van der Waals surface area contributed by atoms with Crippen LogP contribution in [0.1, 0.15) is 6.92 Å². The van der Waals surface area contributed by atoms with Crippen LogP contribution in [0.4, 0.5) is 0 Å². The second-order valence-electron chi connectivity index (χ2n) is 1.36. The second kappa shape index (κ2) is 2.69. The normalized spacial score (nSPS) is 12.7. The van der Waals surface area contributed by atoms with E-state index in [0.29, 0.717) is 5.70 Å². The average molecular weight is 116 g/mol. The molecule has 0 radical (unpaired) electrons. The molecule has 0 bridgehead atoms. The van der Waals surface area contributed by atoms with E-state index >= 15 is 0 Å². The molecule has 40 valence electrons. The summed E-state index contributed by atoms with van der Waals surface area (Å²) >= 11 is 4.42. The fourth-order valence-corrected chi connectivity index (χ4v) is 0.213. The molecule has 0 aromatic heterocycles. The first-order chi connectivity index (χ1) is 3.18. The predicted octanol–water partition coefficient (Wildman–Crippen LogP) is -0.248. The summed E-state index contributed by atoms with van der Waals surface area (Å²) in [6, 6.07) is -0.0602. The van der Waals surface area contributed by atoms with E-state index in [1.807, 2.05) is 0 Å². The molecule has 0 saturated heterocycles. The summed E-state index contributed by atoms with van der Waals surface area (Å²) in [7, 11) is 0. The maximum atomic E-state index is 6.86. The van der Waals surface area contributed by atoms with Gasteiger partial charge in [-0.2, -0.15) is 4.36 Å². The first-order valence-electron chi connectivity index (χ1n) is 1.96. The molecular formula is C4H8N2S. The Hall–Kier alpha value is -0.440. The number of hydrogen-bond acceptors (Lipinski definition) is 1. The van der Waals surface area contributed by atoms with Crippen LogP contribution in [0.15, 0.2) is 12.3 Å². The molecule has 0 aliphatic heterocycles. The van der Waals surface area contributed by atoms with Crippen LogP contribution in [-0.4, -0.2) is 6.04 Å². The Labute approximate surface area is 48.6 Å². The zero-order chi connectivity index (χ0) is 5.86.